The molecule has 1 saturated heterocycles. The standard InChI is InChI=1S/C11H13N5O2S/c17-19(18)6-5-10(7-19)13-9-1-3-11(4-2-9)16-8-12-14-15-16/h1-4,8,10,13H,5-7H2. The molecule has 1 unspecified atom stereocenters. The Balaban J connectivity index is 1.70. The zero-order chi connectivity index (χ0) is 13.3. The Hall–Kier alpha value is -1.96. The highest BCUT2D eigenvalue weighted by atomic mass is 32.2. The summed E-state index contributed by atoms with van der Waals surface area (Å²) in [6.07, 6.45) is 2.18. The molecule has 1 aliphatic rings. The van der Waals surface area contributed by atoms with Gasteiger partial charge in [-0.05, 0) is 41.1 Å². The molecule has 0 radical (unpaired) electrons. The largest absolute Gasteiger partial charge is 0.381 e. The van der Waals surface area contributed by atoms with Gasteiger partial charge in [0, 0.05) is 11.7 Å². The van der Waals surface area contributed by atoms with Crippen LogP contribution in [-0.2, 0) is 9.84 Å². The smallest absolute Gasteiger partial charge is 0.152 e. The lowest BCUT2D eigenvalue weighted by Crippen LogP contribution is -2.20. The van der Waals surface area contributed by atoms with Gasteiger partial charge in [-0.1, -0.05) is 0 Å². The van der Waals surface area contributed by atoms with Gasteiger partial charge >= 0.3 is 0 Å². The molecule has 0 bridgehead atoms. The number of hydrogen-bond donors (Lipinski definition) is 1. The number of tetrazole rings is 1. The zero-order valence-electron chi connectivity index (χ0n) is 10.1. The number of nitrogens with zero attached hydrogens (tertiary/aromatic N) is 4. The minimum atomic E-state index is -2.85. The van der Waals surface area contributed by atoms with Crippen LogP contribution in [0, 0.1) is 0 Å². The van der Waals surface area contributed by atoms with E-state index in [0.29, 0.717) is 6.42 Å². The third-order valence-electron chi connectivity index (χ3n) is 3.08. The first-order valence-corrected chi connectivity index (χ1v) is 7.75. The number of rotatable bonds is 3. The van der Waals surface area contributed by atoms with Crippen molar-refractivity contribution in [2.24, 2.45) is 0 Å². The van der Waals surface area contributed by atoms with Crippen molar-refractivity contribution in [1.82, 2.24) is 20.2 Å². The Bertz CT molecular complexity index is 651. The predicted molar refractivity (Wildman–Crippen MR) is 69.8 cm³/mol. The van der Waals surface area contributed by atoms with E-state index in [4.69, 9.17) is 0 Å². The van der Waals surface area contributed by atoms with Gasteiger partial charge in [-0.15, -0.1) is 5.10 Å². The van der Waals surface area contributed by atoms with Gasteiger partial charge in [-0.2, -0.15) is 0 Å². The third-order valence-corrected chi connectivity index (χ3v) is 4.85. The van der Waals surface area contributed by atoms with Gasteiger partial charge in [-0.25, -0.2) is 13.1 Å². The Morgan fingerprint density at radius 1 is 1.26 bits per heavy atom. The molecule has 7 nitrogen and oxygen atoms in total. The molecule has 8 heteroatoms. The lowest BCUT2D eigenvalue weighted by atomic mass is 10.2. The minimum Gasteiger partial charge on any atom is -0.381 e. The molecular weight excluding hydrogens is 266 g/mol. The van der Waals surface area contributed by atoms with Gasteiger partial charge in [0.05, 0.1) is 17.2 Å². The van der Waals surface area contributed by atoms with Crippen molar-refractivity contribution in [2.45, 2.75) is 12.5 Å². The van der Waals surface area contributed by atoms with Crippen LogP contribution in [0.3, 0.4) is 0 Å². The summed E-state index contributed by atoms with van der Waals surface area (Å²) < 4.78 is 24.3. The normalized spacial score (nSPS) is 21.4. The van der Waals surface area contributed by atoms with Gasteiger partial charge in [0.25, 0.3) is 0 Å². The number of benzene rings is 1. The fourth-order valence-electron chi connectivity index (χ4n) is 2.13. The van der Waals surface area contributed by atoms with Crippen LogP contribution in [0.1, 0.15) is 6.42 Å². The Labute approximate surface area is 110 Å². The summed E-state index contributed by atoms with van der Waals surface area (Å²) in [4.78, 5) is 0. The summed E-state index contributed by atoms with van der Waals surface area (Å²) in [6, 6.07) is 7.54. The maximum Gasteiger partial charge on any atom is 0.152 e. The molecular formula is C11H13N5O2S. The second-order valence-electron chi connectivity index (χ2n) is 4.55. The molecule has 1 atom stereocenters. The topological polar surface area (TPSA) is 89.8 Å². The van der Waals surface area contributed by atoms with Crippen LogP contribution in [0.5, 0.6) is 0 Å². The van der Waals surface area contributed by atoms with E-state index in [-0.39, 0.29) is 17.5 Å². The SMILES string of the molecule is O=S1(=O)CCC(Nc2ccc(-n3cnnn3)cc2)C1. The highest BCUT2D eigenvalue weighted by molar-refractivity contribution is 7.91. The number of sulfone groups is 1. The molecule has 3 rings (SSSR count). The second kappa shape index (κ2) is 4.61. The average molecular weight is 279 g/mol. The van der Waals surface area contributed by atoms with E-state index in [0.717, 1.165) is 11.4 Å². The van der Waals surface area contributed by atoms with Crippen molar-refractivity contribution < 1.29 is 8.42 Å². The Morgan fingerprint density at radius 2 is 2.05 bits per heavy atom. The fourth-order valence-corrected chi connectivity index (χ4v) is 3.81. The summed E-state index contributed by atoms with van der Waals surface area (Å²) in [5.74, 6) is 0.481. The summed E-state index contributed by atoms with van der Waals surface area (Å²) in [6.45, 7) is 0. The third kappa shape index (κ3) is 2.73. The highest BCUT2D eigenvalue weighted by Gasteiger charge is 2.27. The molecule has 0 spiro atoms. The maximum atomic E-state index is 11.4. The van der Waals surface area contributed by atoms with Gasteiger partial charge in [-0.3, -0.25) is 0 Å². The first kappa shape index (κ1) is 12.1. The highest BCUT2D eigenvalue weighted by Crippen LogP contribution is 2.18. The molecule has 1 aromatic heterocycles. The average Bonchev–Trinajstić information content (AvgIpc) is 3.00. The van der Waals surface area contributed by atoms with E-state index in [9.17, 15) is 8.42 Å². The van der Waals surface area contributed by atoms with Crippen molar-refractivity contribution in [2.75, 3.05) is 16.8 Å². The monoisotopic (exact) mass is 279 g/mol. The summed E-state index contributed by atoms with van der Waals surface area (Å²) in [5.41, 5.74) is 1.76. The molecule has 19 heavy (non-hydrogen) atoms. The van der Waals surface area contributed by atoms with E-state index in [1.54, 1.807) is 4.68 Å². The quantitative estimate of drug-likeness (QED) is 0.867. The van der Waals surface area contributed by atoms with Crippen LogP contribution < -0.4 is 5.32 Å². The van der Waals surface area contributed by atoms with E-state index >= 15 is 0 Å². The van der Waals surface area contributed by atoms with Gasteiger partial charge in [0.1, 0.15) is 6.33 Å². The number of anilines is 1. The number of nitrogens with one attached hydrogen (secondary N) is 1. The van der Waals surface area contributed by atoms with E-state index in [1.807, 2.05) is 24.3 Å². The minimum absolute atomic E-state index is 0.00360. The van der Waals surface area contributed by atoms with Crippen molar-refractivity contribution in [3.05, 3.63) is 30.6 Å². The molecule has 0 amide bonds. The molecule has 2 aromatic rings. The van der Waals surface area contributed by atoms with Gasteiger partial charge < -0.3 is 5.32 Å². The van der Waals surface area contributed by atoms with Crippen LogP contribution in [0.15, 0.2) is 30.6 Å². The molecule has 0 saturated carbocycles. The van der Waals surface area contributed by atoms with Crippen LogP contribution >= 0.6 is 0 Å². The Kier molecular flexibility index (Phi) is 2.94. The van der Waals surface area contributed by atoms with Crippen LogP contribution in [-0.4, -0.2) is 46.2 Å². The van der Waals surface area contributed by atoms with Gasteiger partial charge in [0.15, 0.2) is 9.84 Å². The predicted octanol–water partition coefficient (Wildman–Crippen LogP) is 0.261. The summed E-state index contributed by atoms with van der Waals surface area (Å²) in [7, 11) is -2.85. The van der Waals surface area contributed by atoms with Crippen LogP contribution in [0.2, 0.25) is 0 Å². The first-order valence-electron chi connectivity index (χ1n) is 5.93. The summed E-state index contributed by atoms with van der Waals surface area (Å²) >= 11 is 0. The Morgan fingerprint density at radius 3 is 2.63 bits per heavy atom. The lowest BCUT2D eigenvalue weighted by molar-refractivity contribution is 0.602. The summed E-state index contributed by atoms with van der Waals surface area (Å²) in [5, 5.41) is 14.2. The number of aromatic nitrogens is 4. The molecule has 1 aliphatic heterocycles. The molecule has 2 heterocycles. The van der Waals surface area contributed by atoms with E-state index < -0.39 is 9.84 Å². The van der Waals surface area contributed by atoms with Crippen molar-refractivity contribution in [1.29, 1.82) is 0 Å². The maximum absolute atomic E-state index is 11.4. The van der Waals surface area contributed by atoms with Crippen molar-refractivity contribution in [3.63, 3.8) is 0 Å². The van der Waals surface area contributed by atoms with Crippen molar-refractivity contribution in [3.8, 4) is 5.69 Å². The lowest BCUT2D eigenvalue weighted by Gasteiger charge is -2.12. The van der Waals surface area contributed by atoms with E-state index in [1.165, 1.54) is 6.33 Å². The number of hydrogen-bond acceptors (Lipinski definition) is 6. The van der Waals surface area contributed by atoms with E-state index in [2.05, 4.69) is 20.8 Å². The molecule has 1 aromatic carbocycles. The molecule has 1 fully saturated rings. The zero-order valence-corrected chi connectivity index (χ0v) is 10.9. The van der Waals surface area contributed by atoms with Crippen LogP contribution in [0.4, 0.5) is 5.69 Å². The van der Waals surface area contributed by atoms with Crippen molar-refractivity contribution >= 4 is 15.5 Å². The van der Waals surface area contributed by atoms with Gasteiger partial charge in [0.2, 0.25) is 0 Å². The fraction of sp³-hybridized carbons (Fsp3) is 0.364. The molecule has 1 N–H and O–H groups in total. The van der Waals surface area contributed by atoms with Crippen LogP contribution in [0.25, 0.3) is 5.69 Å². The second-order valence-corrected chi connectivity index (χ2v) is 6.77. The molecule has 100 valence electrons. The molecule has 0 aliphatic carbocycles. The first-order chi connectivity index (χ1) is 9.12.